The fourth-order valence-corrected chi connectivity index (χ4v) is 2.79. The minimum absolute atomic E-state index is 0.0226. The second-order valence-corrected chi connectivity index (χ2v) is 4.75. The second kappa shape index (κ2) is 3.82. The summed E-state index contributed by atoms with van der Waals surface area (Å²) in [5.74, 6) is 0.455. The maximum absolute atomic E-state index is 12.4. The van der Waals surface area contributed by atoms with Crippen molar-refractivity contribution in [2.45, 2.75) is 0 Å². The van der Waals surface area contributed by atoms with E-state index in [2.05, 4.69) is 4.98 Å². The molecule has 2 aromatic heterocycles. The van der Waals surface area contributed by atoms with Crippen molar-refractivity contribution < 1.29 is 4.79 Å². The second-order valence-electron chi connectivity index (χ2n) is 3.84. The number of benzene rings is 1. The Balaban J connectivity index is 2.19. The van der Waals surface area contributed by atoms with Crippen LogP contribution in [0.5, 0.6) is 0 Å². The number of ketones is 1. The summed E-state index contributed by atoms with van der Waals surface area (Å²) in [4.78, 5) is 16.5. The van der Waals surface area contributed by atoms with Crippen LogP contribution in [0.25, 0.3) is 10.1 Å². The molecule has 0 saturated heterocycles. The average Bonchev–Trinajstić information content (AvgIpc) is 2.95. The summed E-state index contributed by atoms with van der Waals surface area (Å²) in [5.41, 5.74) is 0.729. The molecule has 0 aliphatic rings. The number of carbonyl (C=O) groups is 1. The fourth-order valence-electron chi connectivity index (χ4n) is 1.88. The Labute approximate surface area is 102 Å². The van der Waals surface area contributed by atoms with Crippen molar-refractivity contribution in [3.05, 3.63) is 53.4 Å². The molecule has 0 unspecified atom stereocenters. The van der Waals surface area contributed by atoms with Gasteiger partial charge in [-0.15, -0.1) is 11.3 Å². The lowest BCUT2D eigenvalue weighted by molar-refractivity contribution is 0.102. The summed E-state index contributed by atoms with van der Waals surface area (Å²) < 4.78 is 2.77. The molecule has 3 aromatic rings. The molecule has 0 radical (unpaired) electrons. The van der Waals surface area contributed by atoms with Gasteiger partial charge in [0.05, 0.1) is 0 Å². The van der Waals surface area contributed by atoms with Crippen LogP contribution in [0.3, 0.4) is 0 Å². The molecule has 2 heterocycles. The lowest BCUT2D eigenvalue weighted by atomic mass is 10.1. The van der Waals surface area contributed by atoms with Crippen LogP contribution >= 0.6 is 11.3 Å². The van der Waals surface area contributed by atoms with Gasteiger partial charge in [0.2, 0.25) is 5.78 Å². The van der Waals surface area contributed by atoms with E-state index >= 15 is 0 Å². The van der Waals surface area contributed by atoms with Gasteiger partial charge < -0.3 is 4.57 Å². The number of rotatable bonds is 2. The molecule has 0 amide bonds. The summed E-state index contributed by atoms with van der Waals surface area (Å²) in [7, 11) is 1.83. The summed E-state index contributed by atoms with van der Waals surface area (Å²) in [6.45, 7) is 0. The first-order valence-corrected chi connectivity index (χ1v) is 6.13. The van der Waals surface area contributed by atoms with E-state index < -0.39 is 0 Å². The molecular formula is C13H10N2OS. The Bertz CT molecular complexity index is 696. The van der Waals surface area contributed by atoms with Crippen LogP contribution in [0.4, 0.5) is 0 Å². The zero-order chi connectivity index (χ0) is 11.8. The Hall–Kier alpha value is -1.94. The number of aromatic nitrogens is 2. The van der Waals surface area contributed by atoms with Crippen LogP contribution in [-0.2, 0) is 7.05 Å². The molecule has 0 bridgehead atoms. The molecule has 3 nitrogen and oxygen atoms in total. The predicted molar refractivity (Wildman–Crippen MR) is 68.5 cm³/mol. The van der Waals surface area contributed by atoms with Gasteiger partial charge in [-0.25, -0.2) is 4.98 Å². The maximum Gasteiger partial charge on any atom is 0.229 e. The summed E-state index contributed by atoms with van der Waals surface area (Å²) in [6, 6.07) is 7.80. The van der Waals surface area contributed by atoms with Crippen molar-refractivity contribution in [3.63, 3.8) is 0 Å². The van der Waals surface area contributed by atoms with E-state index in [0.717, 1.165) is 15.6 Å². The lowest BCUT2D eigenvalue weighted by Gasteiger charge is -2.02. The maximum atomic E-state index is 12.4. The van der Waals surface area contributed by atoms with Gasteiger partial charge in [-0.05, 0) is 22.9 Å². The normalized spacial score (nSPS) is 10.9. The molecule has 4 heteroatoms. The van der Waals surface area contributed by atoms with Crippen molar-refractivity contribution >= 4 is 27.2 Å². The molecule has 0 saturated carbocycles. The van der Waals surface area contributed by atoms with E-state index in [0.29, 0.717) is 5.82 Å². The minimum atomic E-state index is -0.0226. The van der Waals surface area contributed by atoms with Gasteiger partial charge in [-0.3, -0.25) is 4.79 Å². The third-order valence-corrected chi connectivity index (χ3v) is 3.71. The predicted octanol–water partition coefficient (Wildman–Crippen LogP) is 2.87. The van der Waals surface area contributed by atoms with Gasteiger partial charge in [0, 0.05) is 29.7 Å². The molecule has 0 spiro atoms. The highest BCUT2D eigenvalue weighted by Gasteiger charge is 2.16. The first-order chi connectivity index (χ1) is 8.27. The monoisotopic (exact) mass is 242 g/mol. The van der Waals surface area contributed by atoms with Crippen LogP contribution in [0.15, 0.2) is 42.0 Å². The average molecular weight is 242 g/mol. The zero-order valence-electron chi connectivity index (χ0n) is 9.25. The summed E-state index contributed by atoms with van der Waals surface area (Å²) >= 11 is 1.59. The van der Waals surface area contributed by atoms with Crippen molar-refractivity contribution in [1.82, 2.24) is 9.55 Å². The van der Waals surface area contributed by atoms with Crippen molar-refractivity contribution in [2.75, 3.05) is 0 Å². The van der Waals surface area contributed by atoms with Gasteiger partial charge in [-0.1, -0.05) is 12.1 Å². The summed E-state index contributed by atoms with van der Waals surface area (Å²) in [5, 5.41) is 3.11. The molecule has 0 aliphatic heterocycles. The summed E-state index contributed by atoms with van der Waals surface area (Å²) in [6.07, 6.45) is 3.42. The largest absolute Gasteiger partial charge is 0.331 e. The van der Waals surface area contributed by atoms with Gasteiger partial charge in [0.1, 0.15) is 0 Å². The van der Waals surface area contributed by atoms with Crippen molar-refractivity contribution in [2.24, 2.45) is 7.05 Å². The van der Waals surface area contributed by atoms with Crippen LogP contribution < -0.4 is 0 Å². The van der Waals surface area contributed by atoms with Crippen LogP contribution in [0, 0.1) is 0 Å². The molecule has 1 aromatic carbocycles. The molecule has 84 valence electrons. The molecule has 0 atom stereocenters. The van der Waals surface area contributed by atoms with Gasteiger partial charge in [0.15, 0.2) is 5.82 Å². The number of nitrogens with zero attached hydrogens (tertiary/aromatic N) is 2. The van der Waals surface area contributed by atoms with Crippen LogP contribution in [-0.4, -0.2) is 15.3 Å². The Morgan fingerprint density at radius 3 is 3.00 bits per heavy atom. The number of fused-ring (bicyclic) bond motifs is 1. The smallest absolute Gasteiger partial charge is 0.229 e. The third-order valence-electron chi connectivity index (χ3n) is 2.75. The number of aryl methyl sites for hydroxylation is 1. The van der Waals surface area contributed by atoms with Gasteiger partial charge in [0.25, 0.3) is 0 Å². The standard InChI is InChI=1S/C13H10N2OS/c1-15-7-6-14-13(15)11(16)10-4-2-3-9-5-8-17-12(9)10/h2-8H,1H3. The molecule has 0 aliphatic carbocycles. The fraction of sp³-hybridized carbons (Fsp3) is 0.0769. The Kier molecular flexibility index (Phi) is 2.30. The highest BCUT2D eigenvalue weighted by Crippen LogP contribution is 2.26. The molecule has 3 rings (SSSR count). The van der Waals surface area contributed by atoms with Crippen molar-refractivity contribution in [1.29, 1.82) is 0 Å². The van der Waals surface area contributed by atoms with Crippen molar-refractivity contribution in [3.8, 4) is 0 Å². The Morgan fingerprint density at radius 1 is 1.35 bits per heavy atom. The first-order valence-electron chi connectivity index (χ1n) is 5.25. The molecular weight excluding hydrogens is 232 g/mol. The SMILES string of the molecule is Cn1ccnc1C(=O)c1cccc2ccsc12. The van der Waals surface area contributed by atoms with E-state index in [1.54, 1.807) is 28.3 Å². The topological polar surface area (TPSA) is 34.9 Å². The van der Waals surface area contributed by atoms with Crippen LogP contribution in [0.2, 0.25) is 0 Å². The van der Waals surface area contributed by atoms with Gasteiger partial charge in [-0.2, -0.15) is 0 Å². The minimum Gasteiger partial charge on any atom is -0.331 e. The van der Waals surface area contributed by atoms with Gasteiger partial charge >= 0.3 is 0 Å². The number of hydrogen-bond donors (Lipinski definition) is 0. The number of thiophene rings is 1. The number of carbonyl (C=O) groups excluding carboxylic acids is 1. The van der Waals surface area contributed by atoms with E-state index in [-0.39, 0.29) is 5.78 Å². The molecule has 0 N–H and O–H groups in total. The highest BCUT2D eigenvalue weighted by molar-refractivity contribution is 7.17. The Morgan fingerprint density at radius 2 is 2.24 bits per heavy atom. The van der Waals surface area contributed by atoms with Crippen LogP contribution in [0.1, 0.15) is 16.2 Å². The third kappa shape index (κ3) is 1.57. The molecule has 17 heavy (non-hydrogen) atoms. The van der Waals surface area contributed by atoms with E-state index in [1.165, 1.54) is 0 Å². The van der Waals surface area contributed by atoms with E-state index in [1.807, 2.05) is 36.7 Å². The van der Waals surface area contributed by atoms with E-state index in [4.69, 9.17) is 0 Å². The highest BCUT2D eigenvalue weighted by atomic mass is 32.1. The number of hydrogen-bond acceptors (Lipinski definition) is 3. The lowest BCUT2D eigenvalue weighted by Crippen LogP contribution is -2.08. The number of imidazole rings is 1. The first kappa shape index (κ1) is 10.2. The van der Waals surface area contributed by atoms with E-state index in [9.17, 15) is 4.79 Å². The zero-order valence-corrected chi connectivity index (χ0v) is 10.1. The molecule has 0 fully saturated rings. The quantitative estimate of drug-likeness (QED) is 0.648.